The molecule has 0 spiro atoms. The van der Waals surface area contributed by atoms with Crippen LogP contribution in [0.1, 0.15) is 63.5 Å². The summed E-state index contributed by atoms with van der Waals surface area (Å²) in [5.41, 5.74) is 11.1. The smallest absolute Gasteiger partial charge is 0.416 e. The maximum Gasteiger partial charge on any atom is 0.416 e. The highest BCUT2D eigenvalue weighted by atomic mass is 16.6. The molecule has 0 bridgehead atoms. The molecule has 4 rings (SSSR count). The Morgan fingerprint density at radius 2 is 1.10 bits per heavy atom. The summed E-state index contributed by atoms with van der Waals surface area (Å²) in [4.78, 5) is 60.2. The number of benzene rings is 3. The van der Waals surface area contributed by atoms with Crippen molar-refractivity contribution in [2.75, 3.05) is 184 Å². The fourth-order valence-corrected chi connectivity index (χ4v) is 8.15. The Morgan fingerprint density at radius 3 is 1.58 bits per heavy atom. The van der Waals surface area contributed by atoms with Gasteiger partial charge in [-0.3, -0.25) is 19.3 Å². The molecule has 24 nitrogen and oxygen atoms in total. The van der Waals surface area contributed by atoms with Crippen LogP contribution < -0.4 is 15.0 Å². The number of hydrogen-bond acceptors (Lipinski definition) is 20. The minimum atomic E-state index is -0.723. The van der Waals surface area contributed by atoms with Crippen molar-refractivity contribution >= 4 is 40.3 Å². The van der Waals surface area contributed by atoms with Crippen LogP contribution in [0, 0.1) is 6.92 Å². The van der Waals surface area contributed by atoms with Crippen molar-refractivity contribution in [2.24, 2.45) is 5.11 Å². The number of aryl methyl sites for hydroxylation is 1. The maximum atomic E-state index is 13.3. The molecule has 0 saturated heterocycles. The molecule has 1 N–H and O–H groups in total. The number of ketones is 1. The number of ether oxygens (including phenoxy) is 14. The van der Waals surface area contributed by atoms with Crippen molar-refractivity contribution in [2.45, 2.75) is 64.9 Å². The highest BCUT2D eigenvalue weighted by molar-refractivity contribution is 6.00. The average Bonchev–Trinajstić information content (AvgIpc) is 3.70. The third kappa shape index (κ3) is 32.4. The van der Waals surface area contributed by atoms with Gasteiger partial charge in [0.2, 0.25) is 5.91 Å². The Balaban J connectivity index is 1.00. The van der Waals surface area contributed by atoms with Crippen LogP contribution in [-0.2, 0) is 76.0 Å². The van der Waals surface area contributed by atoms with E-state index in [1.165, 1.54) is 12.0 Å². The van der Waals surface area contributed by atoms with Crippen LogP contribution in [0.25, 0.3) is 32.3 Å². The van der Waals surface area contributed by atoms with Gasteiger partial charge in [0, 0.05) is 48.3 Å². The summed E-state index contributed by atoms with van der Waals surface area (Å²) in [6, 6.07) is 23.3. The van der Waals surface area contributed by atoms with E-state index in [-0.39, 0.29) is 44.0 Å². The van der Waals surface area contributed by atoms with Crippen molar-refractivity contribution < 1.29 is 85.5 Å². The van der Waals surface area contributed by atoms with Crippen LogP contribution in [0.5, 0.6) is 5.75 Å². The fraction of sp³-hybridized carbons (Fsp3) is 0.597. The summed E-state index contributed by atoms with van der Waals surface area (Å²) in [7, 11) is 1.31. The van der Waals surface area contributed by atoms with Crippen LogP contribution in [0.2, 0.25) is 0 Å². The molecule has 86 heavy (non-hydrogen) atoms. The van der Waals surface area contributed by atoms with Crippen molar-refractivity contribution in [3.05, 3.63) is 101 Å². The molecular formula is C62H90N6O18. The molecule has 1 aromatic heterocycles. The first-order valence-corrected chi connectivity index (χ1v) is 29.3. The van der Waals surface area contributed by atoms with Gasteiger partial charge in [-0.1, -0.05) is 59.7 Å². The van der Waals surface area contributed by atoms with Crippen molar-refractivity contribution in [3.8, 4) is 16.9 Å². The Hall–Kier alpha value is -6.38. The summed E-state index contributed by atoms with van der Waals surface area (Å²) < 4.78 is 77.4. The molecule has 0 radical (unpaired) electrons. The van der Waals surface area contributed by atoms with E-state index in [0.29, 0.717) is 171 Å². The van der Waals surface area contributed by atoms with Gasteiger partial charge in [-0.15, -0.1) is 0 Å². The lowest BCUT2D eigenvalue weighted by molar-refractivity contribution is -0.141. The lowest BCUT2D eigenvalue weighted by Gasteiger charge is -2.27. The number of methoxy groups -OCH3 is 1. The van der Waals surface area contributed by atoms with Gasteiger partial charge in [0.1, 0.15) is 23.8 Å². The van der Waals surface area contributed by atoms with Crippen LogP contribution in [0.15, 0.2) is 84.1 Å². The van der Waals surface area contributed by atoms with Crippen molar-refractivity contribution in [1.82, 2.24) is 10.3 Å². The van der Waals surface area contributed by atoms with E-state index < -0.39 is 23.6 Å². The second-order valence-corrected chi connectivity index (χ2v) is 20.2. The summed E-state index contributed by atoms with van der Waals surface area (Å²) in [5.74, 6) is -0.373. The zero-order chi connectivity index (χ0) is 61.7. The van der Waals surface area contributed by atoms with E-state index in [1.54, 1.807) is 33.0 Å². The van der Waals surface area contributed by atoms with Gasteiger partial charge in [0.05, 0.1) is 165 Å². The Labute approximate surface area is 505 Å². The molecule has 0 aliphatic heterocycles. The SMILES string of the molecule is COC(=O)C[C@H](CC(=O)CNC(=O)CCCN(C(=O)OC(C)(C)C)c1cc(C)ccn1)c1ccc(-c2ccc(OCCOCCOCCOCCOCCOCCOCCOCCOCCOCCOCCOCCN=[N+]=[N-])c3ccccc23)cc1. The van der Waals surface area contributed by atoms with Crippen LogP contribution in [0.3, 0.4) is 0 Å². The van der Waals surface area contributed by atoms with Gasteiger partial charge in [-0.2, -0.15) is 0 Å². The minimum absolute atomic E-state index is 0.00910. The topological polar surface area (TPSA) is 274 Å². The summed E-state index contributed by atoms with van der Waals surface area (Å²) in [6.45, 7) is 17.7. The Morgan fingerprint density at radius 1 is 0.616 bits per heavy atom. The average molecular weight is 1210 g/mol. The lowest BCUT2D eigenvalue weighted by Crippen LogP contribution is -2.38. The van der Waals surface area contributed by atoms with Crippen molar-refractivity contribution in [3.63, 3.8) is 0 Å². The van der Waals surface area contributed by atoms with Gasteiger partial charge >= 0.3 is 12.1 Å². The van der Waals surface area contributed by atoms with Crippen molar-refractivity contribution in [1.29, 1.82) is 0 Å². The van der Waals surface area contributed by atoms with E-state index in [1.807, 2.05) is 73.7 Å². The standard InChI is InChI=1S/C62H90N6O18/c1-49-18-19-64-58(45-49)68(61(72)86-62(2,3)4)21-8-11-59(70)65-48-53(69)46-52(47-60(71)73-5)50-12-14-51(15-13-50)54-16-17-57(56-10-7-6-9-55(54)56)85-44-43-84-42-41-83-40-39-82-38-37-81-36-35-80-34-33-79-32-31-78-30-29-77-28-27-76-26-25-75-24-23-74-22-20-66-67-63/h6-7,9-10,12-19,45,52H,8,11,20-44,46-48H2,1-5H3,(H,65,70)/t52-/m0/s1. The minimum Gasteiger partial charge on any atom is -0.491 e. The predicted octanol–water partition coefficient (Wildman–Crippen LogP) is 8.03. The molecule has 0 unspecified atom stereocenters. The number of Topliss-reactive ketones (excluding diaryl/α,β-unsaturated/α-hetero) is 1. The first-order valence-electron chi connectivity index (χ1n) is 29.3. The van der Waals surface area contributed by atoms with Gasteiger partial charge in [0.25, 0.3) is 0 Å². The molecule has 24 heteroatoms. The lowest BCUT2D eigenvalue weighted by atomic mass is 9.89. The Bertz CT molecular complexity index is 2570. The maximum absolute atomic E-state index is 13.3. The molecule has 0 fully saturated rings. The first kappa shape index (κ1) is 72.1. The predicted molar refractivity (Wildman–Crippen MR) is 322 cm³/mol. The number of hydrogen-bond donors (Lipinski definition) is 1. The van der Waals surface area contributed by atoms with E-state index in [0.717, 1.165) is 38.8 Å². The van der Waals surface area contributed by atoms with Gasteiger partial charge in [-0.05, 0) is 85.5 Å². The number of rotatable bonds is 50. The number of pyridine rings is 1. The number of carbonyl (C=O) groups excluding carboxylic acids is 4. The number of fused-ring (bicyclic) bond motifs is 1. The fourth-order valence-electron chi connectivity index (χ4n) is 8.15. The molecular weight excluding hydrogens is 1120 g/mol. The number of carbonyl (C=O) groups is 4. The molecule has 4 aromatic rings. The van der Waals surface area contributed by atoms with E-state index in [2.05, 4.69) is 20.3 Å². The monoisotopic (exact) mass is 1210 g/mol. The molecule has 1 heterocycles. The summed E-state index contributed by atoms with van der Waals surface area (Å²) >= 11 is 0. The van der Waals surface area contributed by atoms with Gasteiger partial charge in [0.15, 0.2) is 5.78 Å². The highest BCUT2D eigenvalue weighted by Gasteiger charge is 2.25. The van der Waals surface area contributed by atoms with Crippen LogP contribution >= 0.6 is 0 Å². The zero-order valence-electron chi connectivity index (χ0n) is 50.9. The normalized spacial score (nSPS) is 11.7. The number of aromatic nitrogens is 1. The molecule has 476 valence electrons. The molecule has 0 saturated carbocycles. The summed E-state index contributed by atoms with van der Waals surface area (Å²) in [6.07, 6.45) is 1.41. The number of azide groups is 1. The quantitative estimate of drug-likeness (QED) is 0.0144. The molecule has 2 amide bonds. The third-order valence-corrected chi connectivity index (χ3v) is 12.4. The number of nitrogens with one attached hydrogen (secondary N) is 1. The van der Waals surface area contributed by atoms with Crippen LogP contribution in [-0.4, -0.2) is 213 Å². The summed E-state index contributed by atoms with van der Waals surface area (Å²) in [5, 5.41) is 8.02. The number of nitrogens with zero attached hydrogens (tertiary/aromatic N) is 5. The van der Waals surface area contributed by atoms with Crippen LogP contribution in [0.4, 0.5) is 10.6 Å². The number of amides is 2. The molecule has 0 aliphatic rings. The second kappa shape index (κ2) is 45.0. The molecule has 1 atom stereocenters. The van der Waals surface area contributed by atoms with E-state index in [4.69, 9.17) is 71.8 Å². The zero-order valence-corrected chi connectivity index (χ0v) is 50.9. The van der Waals surface area contributed by atoms with E-state index >= 15 is 0 Å². The number of anilines is 1. The van der Waals surface area contributed by atoms with E-state index in [9.17, 15) is 19.2 Å². The van der Waals surface area contributed by atoms with Gasteiger partial charge in [-0.25, -0.2) is 9.78 Å². The Kier molecular flexibility index (Phi) is 37.7. The third-order valence-electron chi connectivity index (χ3n) is 12.4. The molecule has 0 aliphatic carbocycles. The van der Waals surface area contributed by atoms with Gasteiger partial charge < -0.3 is 71.6 Å². The highest BCUT2D eigenvalue weighted by Crippen LogP contribution is 2.36. The largest absolute Gasteiger partial charge is 0.491 e. The number of esters is 1. The second-order valence-electron chi connectivity index (χ2n) is 20.2. The first-order chi connectivity index (χ1) is 41.9. The molecule has 3 aromatic carbocycles.